The highest BCUT2D eigenvalue weighted by Crippen LogP contribution is 2.30. The second kappa shape index (κ2) is 9.46. The van der Waals surface area contributed by atoms with Gasteiger partial charge in [-0.2, -0.15) is 0 Å². The summed E-state index contributed by atoms with van der Waals surface area (Å²) < 4.78 is 13.4. The van der Waals surface area contributed by atoms with Gasteiger partial charge in [0.25, 0.3) is 0 Å². The number of benzene rings is 1. The Labute approximate surface area is 172 Å². The largest absolute Gasteiger partial charge is 0.348 e. The maximum absolute atomic E-state index is 13.4. The van der Waals surface area contributed by atoms with Crippen LogP contribution in [0, 0.1) is 11.2 Å². The van der Waals surface area contributed by atoms with Crippen LogP contribution in [0.3, 0.4) is 0 Å². The second-order valence-corrected chi connectivity index (χ2v) is 8.91. The topological polar surface area (TPSA) is 57.3 Å². The van der Waals surface area contributed by atoms with Gasteiger partial charge in [-0.25, -0.2) is 4.39 Å². The van der Waals surface area contributed by atoms with E-state index in [4.69, 9.17) is 0 Å². The van der Waals surface area contributed by atoms with Crippen LogP contribution in [0.1, 0.15) is 50.4 Å². The number of carbonyl (C=O) groups is 1. The zero-order chi connectivity index (χ0) is 20.9. The van der Waals surface area contributed by atoms with Crippen LogP contribution >= 0.6 is 0 Å². The molecule has 0 bridgehead atoms. The molecule has 0 aliphatic carbocycles. The summed E-state index contributed by atoms with van der Waals surface area (Å²) >= 11 is 0. The van der Waals surface area contributed by atoms with Crippen LogP contribution in [-0.4, -0.2) is 42.0 Å². The molecule has 1 aliphatic heterocycles. The molecular weight excluding hydrogens is 367 g/mol. The van der Waals surface area contributed by atoms with Gasteiger partial charge in [-0.3, -0.25) is 14.7 Å². The van der Waals surface area contributed by atoms with Crippen LogP contribution < -0.4 is 10.6 Å². The maximum atomic E-state index is 13.4. The minimum atomic E-state index is -0.269. The van der Waals surface area contributed by atoms with Crippen LogP contribution in [0.2, 0.25) is 0 Å². The summed E-state index contributed by atoms with van der Waals surface area (Å²) in [7, 11) is 0. The van der Waals surface area contributed by atoms with Crippen LogP contribution in [0.5, 0.6) is 0 Å². The van der Waals surface area contributed by atoms with Gasteiger partial charge < -0.3 is 10.6 Å². The predicted octanol–water partition coefficient (Wildman–Crippen LogP) is 3.46. The van der Waals surface area contributed by atoms with E-state index < -0.39 is 0 Å². The first-order chi connectivity index (χ1) is 13.8. The Morgan fingerprint density at radius 1 is 1.31 bits per heavy atom. The number of hydrogen-bond donors (Lipinski definition) is 2. The number of halogens is 1. The third-order valence-electron chi connectivity index (χ3n) is 5.19. The summed E-state index contributed by atoms with van der Waals surface area (Å²) in [5, 5.41) is 6.59. The molecule has 2 N–H and O–H groups in total. The summed E-state index contributed by atoms with van der Waals surface area (Å²) in [5.74, 6) is -0.283. The fourth-order valence-electron chi connectivity index (χ4n) is 3.82. The molecule has 1 fully saturated rings. The molecular formula is C23H31FN4O. The highest BCUT2D eigenvalue weighted by Gasteiger charge is 2.27. The van der Waals surface area contributed by atoms with Crippen LogP contribution in [0.4, 0.5) is 4.39 Å². The SMILES string of the molecule is CC(C)(C)CC(NC(=O)CN1CCNCC1c1cccnc1)c1ccc(F)cc1. The summed E-state index contributed by atoms with van der Waals surface area (Å²) in [4.78, 5) is 19.4. The zero-order valence-corrected chi connectivity index (χ0v) is 17.5. The smallest absolute Gasteiger partial charge is 0.234 e. The molecule has 1 saturated heterocycles. The Hall–Kier alpha value is -2.31. The van der Waals surface area contributed by atoms with E-state index >= 15 is 0 Å². The number of piperazine rings is 1. The lowest BCUT2D eigenvalue weighted by Crippen LogP contribution is -2.50. The van der Waals surface area contributed by atoms with Gasteiger partial charge in [0.15, 0.2) is 0 Å². The number of amides is 1. The number of nitrogens with one attached hydrogen (secondary N) is 2. The van der Waals surface area contributed by atoms with Crippen molar-refractivity contribution in [2.45, 2.75) is 39.3 Å². The molecule has 29 heavy (non-hydrogen) atoms. The lowest BCUT2D eigenvalue weighted by Gasteiger charge is -2.36. The van der Waals surface area contributed by atoms with Crippen molar-refractivity contribution in [3.63, 3.8) is 0 Å². The molecule has 1 aromatic carbocycles. The van der Waals surface area contributed by atoms with Crippen molar-refractivity contribution >= 4 is 5.91 Å². The van der Waals surface area contributed by atoms with Gasteiger partial charge >= 0.3 is 0 Å². The van der Waals surface area contributed by atoms with Crippen LogP contribution in [0.15, 0.2) is 48.8 Å². The normalized spacial score (nSPS) is 19.0. The molecule has 6 heteroatoms. The first-order valence-electron chi connectivity index (χ1n) is 10.2. The van der Waals surface area contributed by atoms with Crippen LogP contribution in [-0.2, 0) is 4.79 Å². The minimum absolute atomic E-state index is 0.0145. The minimum Gasteiger partial charge on any atom is -0.348 e. The van der Waals surface area contributed by atoms with E-state index in [0.29, 0.717) is 6.54 Å². The summed E-state index contributed by atoms with van der Waals surface area (Å²) in [6.07, 6.45) is 4.40. The van der Waals surface area contributed by atoms with E-state index in [1.54, 1.807) is 18.3 Å². The summed E-state index contributed by atoms with van der Waals surface area (Å²) in [6, 6.07) is 10.4. The highest BCUT2D eigenvalue weighted by atomic mass is 19.1. The molecule has 1 aromatic heterocycles. The molecule has 2 unspecified atom stereocenters. The predicted molar refractivity (Wildman–Crippen MR) is 113 cm³/mol. The first kappa shape index (κ1) is 21.4. The molecule has 2 aromatic rings. The third kappa shape index (κ3) is 6.34. The van der Waals surface area contributed by atoms with Crippen molar-refractivity contribution in [1.82, 2.24) is 20.5 Å². The number of rotatable bonds is 6. The fourth-order valence-corrected chi connectivity index (χ4v) is 3.82. The van der Waals surface area contributed by atoms with E-state index in [1.165, 1.54) is 12.1 Å². The van der Waals surface area contributed by atoms with E-state index in [1.807, 2.05) is 12.3 Å². The number of carbonyl (C=O) groups excluding carboxylic acids is 1. The van der Waals surface area contributed by atoms with Gasteiger partial charge in [0.2, 0.25) is 5.91 Å². The van der Waals surface area contributed by atoms with E-state index in [0.717, 1.165) is 37.2 Å². The zero-order valence-electron chi connectivity index (χ0n) is 17.5. The molecule has 0 saturated carbocycles. The number of aromatic nitrogens is 1. The van der Waals surface area contributed by atoms with Crippen LogP contribution in [0.25, 0.3) is 0 Å². The molecule has 0 radical (unpaired) electrons. The van der Waals surface area contributed by atoms with Crippen molar-refractivity contribution in [1.29, 1.82) is 0 Å². The van der Waals surface area contributed by atoms with E-state index in [9.17, 15) is 9.18 Å². The van der Waals surface area contributed by atoms with Crippen molar-refractivity contribution in [3.8, 4) is 0 Å². The Morgan fingerprint density at radius 2 is 2.07 bits per heavy atom. The van der Waals surface area contributed by atoms with Gasteiger partial charge in [-0.1, -0.05) is 39.0 Å². The van der Waals surface area contributed by atoms with Gasteiger partial charge in [0.05, 0.1) is 12.6 Å². The molecule has 156 valence electrons. The highest BCUT2D eigenvalue weighted by molar-refractivity contribution is 5.78. The standard InChI is InChI=1S/C23H31FN4O/c1-23(2,3)13-20(17-6-8-19(24)9-7-17)27-22(29)16-28-12-11-26-15-21(28)18-5-4-10-25-14-18/h4-10,14,20-21,26H,11-13,15-16H2,1-3H3,(H,27,29). The van der Waals surface area contributed by atoms with Crippen molar-refractivity contribution in [2.75, 3.05) is 26.2 Å². The van der Waals surface area contributed by atoms with E-state index in [2.05, 4.69) is 47.4 Å². The average molecular weight is 399 g/mol. The quantitative estimate of drug-likeness (QED) is 0.782. The van der Waals surface area contributed by atoms with Crippen molar-refractivity contribution in [2.24, 2.45) is 5.41 Å². The monoisotopic (exact) mass is 398 g/mol. The van der Waals surface area contributed by atoms with Crippen molar-refractivity contribution < 1.29 is 9.18 Å². The molecule has 1 amide bonds. The third-order valence-corrected chi connectivity index (χ3v) is 5.19. The number of hydrogen-bond acceptors (Lipinski definition) is 4. The Bertz CT molecular complexity index is 789. The molecule has 3 rings (SSSR count). The average Bonchev–Trinajstić information content (AvgIpc) is 2.68. The van der Waals surface area contributed by atoms with Gasteiger partial charge in [-0.05, 0) is 41.2 Å². The Kier molecular flexibility index (Phi) is 6.98. The first-order valence-corrected chi connectivity index (χ1v) is 10.2. The van der Waals surface area contributed by atoms with Gasteiger partial charge in [-0.15, -0.1) is 0 Å². The molecule has 5 nitrogen and oxygen atoms in total. The van der Waals surface area contributed by atoms with Gasteiger partial charge in [0, 0.05) is 38.1 Å². The second-order valence-electron chi connectivity index (χ2n) is 8.91. The molecule has 1 aliphatic rings. The van der Waals surface area contributed by atoms with E-state index in [-0.39, 0.29) is 29.2 Å². The maximum Gasteiger partial charge on any atom is 0.234 e. The Balaban J connectivity index is 1.70. The summed E-state index contributed by atoms with van der Waals surface area (Å²) in [5.41, 5.74) is 2.07. The molecule has 2 atom stereocenters. The number of pyridine rings is 1. The Morgan fingerprint density at radius 3 is 2.72 bits per heavy atom. The van der Waals surface area contributed by atoms with Gasteiger partial charge in [0.1, 0.15) is 5.82 Å². The molecule has 0 spiro atoms. The fraction of sp³-hybridized carbons (Fsp3) is 0.478. The lowest BCUT2D eigenvalue weighted by atomic mass is 9.85. The van der Waals surface area contributed by atoms with Crippen molar-refractivity contribution in [3.05, 3.63) is 65.7 Å². The lowest BCUT2D eigenvalue weighted by molar-refractivity contribution is -0.124. The number of nitrogens with zero attached hydrogens (tertiary/aromatic N) is 2. The summed E-state index contributed by atoms with van der Waals surface area (Å²) in [6.45, 7) is 9.20. The molecule has 2 heterocycles.